The Morgan fingerprint density at radius 2 is 2.37 bits per heavy atom. The second kappa shape index (κ2) is 6.39. The molecule has 1 fully saturated rings. The first-order chi connectivity index (χ1) is 9.06. The lowest BCUT2D eigenvalue weighted by Gasteiger charge is -2.32. The van der Waals surface area contributed by atoms with Crippen LogP contribution in [0.15, 0.2) is 28.7 Å². The Morgan fingerprint density at radius 1 is 1.58 bits per heavy atom. The maximum Gasteiger partial charge on any atom is 0.263 e. The lowest BCUT2D eigenvalue weighted by atomic mass is 10.1. The zero-order valence-electron chi connectivity index (χ0n) is 10.9. The molecule has 104 valence electrons. The van der Waals surface area contributed by atoms with Crippen LogP contribution in [0.2, 0.25) is 0 Å². The van der Waals surface area contributed by atoms with Crippen LogP contribution in [0, 0.1) is 0 Å². The fraction of sp³-hybridized carbons (Fsp3) is 0.500. The summed E-state index contributed by atoms with van der Waals surface area (Å²) in [5, 5.41) is 9.60. The monoisotopic (exact) mass is 327 g/mol. The van der Waals surface area contributed by atoms with Crippen molar-refractivity contribution in [3.63, 3.8) is 0 Å². The molecule has 0 bridgehead atoms. The number of aliphatic hydroxyl groups excluding tert-OH is 1. The van der Waals surface area contributed by atoms with Gasteiger partial charge >= 0.3 is 0 Å². The normalized spacial score (nSPS) is 21.0. The molecule has 2 unspecified atom stereocenters. The standard InChI is InChI=1S/C14H18BrNO3/c1-10(19-13-6-2-4-11(15)8-13)14(18)16-7-3-5-12(17)9-16/h2,4,6,8,10,12,17H,3,5,7,9H2,1H3. The van der Waals surface area contributed by atoms with Crippen molar-refractivity contribution in [1.82, 2.24) is 4.90 Å². The van der Waals surface area contributed by atoms with Crippen LogP contribution in [-0.4, -0.2) is 41.2 Å². The summed E-state index contributed by atoms with van der Waals surface area (Å²) in [6.45, 7) is 2.84. The Bertz CT molecular complexity index is 452. The Kier molecular flexibility index (Phi) is 4.82. The Hall–Kier alpha value is -1.07. The van der Waals surface area contributed by atoms with E-state index in [-0.39, 0.29) is 5.91 Å². The summed E-state index contributed by atoms with van der Waals surface area (Å²) in [5.74, 6) is 0.589. The van der Waals surface area contributed by atoms with Gasteiger partial charge in [0.15, 0.2) is 6.10 Å². The molecule has 2 atom stereocenters. The van der Waals surface area contributed by atoms with E-state index in [0.29, 0.717) is 18.8 Å². The molecular weight excluding hydrogens is 310 g/mol. The quantitative estimate of drug-likeness (QED) is 0.925. The van der Waals surface area contributed by atoms with Gasteiger partial charge in [-0.25, -0.2) is 0 Å². The molecule has 1 aliphatic heterocycles. The summed E-state index contributed by atoms with van der Waals surface area (Å²) in [5.41, 5.74) is 0. The van der Waals surface area contributed by atoms with Gasteiger partial charge in [0, 0.05) is 17.6 Å². The van der Waals surface area contributed by atoms with Gasteiger partial charge in [0.05, 0.1) is 6.10 Å². The van der Waals surface area contributed by atoms with E-state index in [9.17, 15) is 9.90 Å². The second-order valence-electron chi connectivity index (χ2n) is 4.80. The van der Waals surface area contributed by atoms with E-state index in [0.717, 1.165) is 17.3 Å². The molecule has 0 radical (unpaired) electrons. The molecule has 1 saturated heterocycles. The van der Waals surface area contributed by atoms with E-state index < -0.39 is 12.2 Å². The molecule has 1 aliphatic rings. The fourth-order valence-corrected chi connectivity index (χ4v) is 2.59. The minimum Gasteiger partial charge on any atom is -0.481 e. The van der Waals surface area contributed by atoms with Gasteiger partial charge in [-0.2, -0.15) is 0 Å². The van der Waals surface area contributed by atoms with Crippen molar-refractivity contribution >= 4 is 21.8 Å². The summed E-state index contributed by atoms with van der Waals surface area (Å²) in [6.07, 6.45) is 0.664. The van der Waals surface area contributed by atoms with Gasteiger partial charge in [-0.3, -0.25) is 4.79 Å². The molecule has 0 saturated carbocycles. The minimum atomic E-state index is -0.542. The van der Waals surface area contributed by atoms with E-state index in [2.05, 4.69) is 15.9 Å². The Morgan fingerprint density at radius 3 is 3.05 bits per heavy atom. The zero-order chi connectivity index (χ0) is 13.8. The summed E-state index contributed by atoms with van der Waals surface area (Å²) in [7, 11) is 0. The highest BCUT2D eigenvalue weighted by Crippen LogP contribution is 2.20. The average Bonchev–Trinajstić information content (AvgIpc) is 2.38. The summed E-state index contributed by atoms with van der Waals surface area (Å²) >= 11 is 3.37. The first-order valence-electron chi connectivity index (χ1n) is 6.45. The van der Waals surface area contributed by atoms with Crippen molar-refractivity contribution in [2.24, 2.45) is 0 Å². The summed E-state index contributed by atoms with van der Waals surface area (Å²) < 4.78 is 6.56. The largest absolute Gasteiger partial charge is 0.481 e. The number of likely N-dealkylation sites (tertiary alicyclic amines) is 1. The topological polar surface area (TPSA) is 49.8 Å². The van der Waals surface area contributed by atoms with Crippen LogP contribution in [0.5, 0.6) is 5.75 Å². The number of piperidine rings is 1. The maximum absolute atomic E-state index is 12.2. The van der Waals surface area contributed by atoms with Crippen molar-refractivity contribution in [2.45, 2.75) is 32.0 Å². The predicted molar refractivity (Wildman–Crippen MR) is 76.1 cm³/mol. The van der Waals surface area contributed by atoms with Crippen LogP contribution in [0.1, 0.15) is 19.8 Å². The Labute approximate surface area is 121 Å². The number of ether oxygens (including phenoxy) is 1. The Balaban J connectivity index is 1.95. The van der Waals surface area contributed by atoms with E-state index >= 15 is 0 Å². The van der Waals surface area contributed by atoms with Crippen LogP contribution in [0.3, 0.4) is 0 Å². The molecule has 0 aliphatic carbocycles. The molecular formula is C14H18BrNO3. The molecule has 1 heterocycles. The number of nitrogens with zero attached hydrogens (tertiary/aromatic N) is 1. The van der Waals surface area contributed by atoms with E-state index in [1.165, 1.54) is 0 Å². The van der Waals surface area contributed by atoms with E-state index in [1.54, 1.807) is 11.8 Å². The van der Waals surface area contributed by atoms with Gasteiger partial charge < -0.3 is 14.7 Å². The lowest BCUT2D eigenvalue weighted by molar-refractivity contribution is -0.141. The number of amides is 1. The third-order valence-electron chi connectivity index (χ3n) is 3.16. The first kappa shape index (κ1) is 14.3. The van der Waals surface area contributed by atoms with Crippen LogP contribution in [-0.2, 0) is 4.79 Å². The molecule has 1 aromatic rings. The van der Waals surface area contributed by atoms with Crippen LogP contribution >= 0.6 is 15.9 Å². The van der Waals surface area contributed by atoms with Crippen LogP contribution in [0.4, 0.5) is 0 Å². The first-order valence-corrected chi connectivity index (χ1v) is 7.24. The summed E-state index contributed by atoms with van der Waals surface area (Å²) in [4.78, 5) is 13.9. The zero-order valence-corrected chi connectivity index (χ0v) is 12.5. The molecule has 1 amide bonds. The second-order valence-corrected chi connectivity index (χ2v) is 5.71. The smallest absolute Gasteiger partial charge is 0.263 e. The van der Waals surface area contributed by atoms with Crippen LogP contribution in [0.25, 0.3) is 0 Å². The number of aliphatic hydroxyl groups is 1. The highest BCUT2D eigenvalue weighted by atomic mass is 79.9. The number of benzene rings is 1. The number of β-amino-alcohol motifs (C(OH)–C–C–N with tert-alkyl or cyclic N) is 1. The third kappa shape index (κ3) is 3.94. The molecule has 19 heavy (non-hydrogen) atoms. The van der Waals surface area contributed by atoms with Gasteiger partial charge in [-0.05, 0) is 38.0 Å². The molecule has 0 aromatic heterocycles. The highest BCUT2D eigenvalue weighted by molar-refractivity contribution is 9.10. The fourth-order valence-electron chi connectivity index (χ4n) is 2.21. The lowest BCUT2D eigenvalue weighted by Crippen LogP contribution is -2.47. The molecule has 0 spiro atoms. The van der Waals surface area contributed by atoms with E-state index in [4.69, 9.17) is 4.74 Å². The maximum atomic E-state index is 12.2. The molecule has 5 heteroatoms. The van der Waals surface area contributed by atoms with Crippen molar-refractivity contribution in [3.8, 4) is 5.75 Å². The van der Waals surface area contributed by atoms with Gasteiger partial charge in [0.1, 0.15) is 5.75 Å². The van der Waals surface area contributed by atoms with Crippen molar-refractivity contribution in [1.29, 1.82) is 0 Å². The molecule has 1 N–H and O–H groups in total. The number of carbonyl (C=O) groups excluding carboxylic acids is 1. The molecule has 1 aromatic carbocycles. The van der Waals surface area contributed by atoms with Crippen molar-refractivity contribution in [3.05, 3.63) is 28.7 Å². The average molecular weight is 328 g/mol. The predicted octanol–water partition coefficient (Wildman–Crippen LogP) is 2.20. The minimum absolute atomic E-state index is 0.0706. The number of hydrogen-bond donors (Lipinski definition) is 1. The number of halogens is 1. The SMILES string of the molecule is CC(Oc1cccc(Br)c1)C(=O)N1CCCC(O)C1. The van der Waals surface area contributed by atoms with Crippen molar-refractivity contribution < 1.29 is 14.6 Å². The van der Waals surface area contributed by atoms with Gasteiger partial charge in [0.25, 0.3) is 5.91 Å². The van der Waals surface area contributed by atoms with Gasteiger partial charge in [-0.15, -0.1) is 0 Å². The summed E-state index contributed by atoms with van der Waals surface area (Å²) in [6, 6.07) is 7.41. The number of hydrogen-bond acceptors (Lipinski definition) is 3. The van der Waals surface area contributed by atoms with Crippen molar-refractivity contribution in [2.75, 3.05) is 13.1 Å². The number of rotatable bonds is 3. The third-order valence-corrected chi connectivity index (χ3v) is 3.66. The highest BCUT2D eigenvalue weighted by Gasteiger charge is 2.26. The van der Waals surface area contributed by atoms with Crippen LogP contribution < -0.4 is 4.74 Å². The van der Waals surface area contributed by atoms with Gasteiger partial charge in [0.2, 0.25) is 0 Å². The van der Waals surface area contributed by atoms with Gasteiger partial charge in [-0.1, -0.05) is 22.0 Å². The van der Waals surface area contributed by atoms with E-state index in [1.807, 2.05) is 24.3 Å². The molecule has 4 nitrogen and oxygen atoms in total. The number of carbonyl (C=O) groups is 1. The molecule has 2 rings (SSSR count).